The van der Waals surface area contributed by atoms with Gasteiger partial charge in [-0.25, -0.2) is 13.2 Å². The van der Waals surface area contributed by atoms with E-state index in [2.05, 4.69) is 13.8 Å². The highest BCUT2D eigenvalue weighted by atomic mass is 32.2. The zero-order valence-electron chi connectivity index (χ0n) is 16.1. The van der Waals surface area contributed by atoms with Gasteiger partial charge in [0.25, 0.3) is 0 Å². The molecule has 1 unspecified atom stereocenters. The van der Waals surface area contributed by atoms with Gasteiger partial charge in [0.1, 0.15) is 0 Å². The summed E-state index contributed by atoms with van der Waals surface area (Å²) in [5.41, 5.74) is 0.704. The van der Waals surface area contributed by atoms with Crippen molar-refractivity contribution in [2.75, 3.05) is 0 Å². The molecule has 2 aromatic carbocycles. The second-order valence-electron chi connectivity index (χ2n) is 7.26. The first-order valence-corrected chi connectivity index (χ1v) is 11.1. The Morgan fingerprint density at radius 1 is 1.11 bits per heavy atom. The molecule has 0 aromatic heterocycles. The molecular formula is C22H24O5S. The van der Waals surface area contributed by atoms with Gasteiger partial charge in [-0.1, -0.05) is 51.7 Å². The van der Waals surface area contributed by atoms with Gasteiger partial charge in [0.05, 0.1) is 15.4 Å². The van der Waals surface area contributed by atoms with Crippen molar-refractivity contribution in [2.24, 2.45) is 5.92 Å². The fourth-order valence-corrected chi connectivity index (χ4v) is 5.54. The Balaban J connectivity index is 2.22. The summed E-state index contributed by atoms with van der Waals surface area (Å²) in [6, 6.07) is 8.71. The first-order chi connectivity index (χ1) is 13.3. The number of carboxylic acids is 1. The third kappa shape index (κ3) is 3.49. The highest BCUT2D eigenvalue weighted by molar-refractivity contribution is 7.91. The summed E-state index contributed by atoms with van der Waals surface area (Å²) in [5.74, 6) is -1.29. The van der Waals surface area contributed by atoms with Crippen molar-refractivity contribution in [3.8, 4) is 0 Å². The quantitative estimate of drug-likeness (QED) is 0.630. The van der Waals surface area contributed by atoms with Crippen LogP contribution in [-0.4, -0.2) is 25.3 Å². The van der Waals surface area contributed by atoms with Crippen molar-refractivity contribution in [2.45, 2.75) is 55.7 Å². The maximum Gasteiger partial charge on any atom is 0.335 e. The number of carbonyl (C=O) groups is 2. The highest BCUT2D eigenvalue weighted by Gasteiger charge is 2.37. The van der Waals surface area contributed by atoms with Crippen LogP contribution < -0.4 is 0 Å². The zero-order chi connectivity index (χ0) is 20.5. The van der Waals surface area contributed by atoms with Crippen molar-refractivity contribution in [1.82, 2.24) is 0 Å². The molecule has 1 aliphatic heterocycles. The number of hydrogen-bond acceptors (Lipinski definition) is 4. The fourth-order valence-electron chi connectivity index (χ4n) is 3.82. The van der Waals surface area contributed by atoms with Gasteiger partial charge in [-0.2, -0.15) is 0 Å². The van der Waals surface area contributed by atoms with E-state index in [-0.39, 0.29) is 38.2 Å². The maximum atomic E-state index is 13.2. The number of fused-ring (bicyclic) bond motifs is 2. The summed E-state index contributed by atoms with van der Waals surface area (Å²) in [4.78, 5) is 24.6. The van der Waals surface area contributed by atoms with E-state index >= 15 is 0 Å². The molecule has 0 spiro atoms. The van der Waals surface area contributed by atoms with Gasteiger partial charge in [-0.3, -0.25) is 4.79 Å². The lowest BCUT2D eigenvalue weighted by Gasteiger charge is -2.24. The van der Waals surface area contributed by atoms with Crippen molar-refractivity contribution >= 4 is 21.6 Å². The zero-order valence-corrected chi connectivity index (χ0v) is 16.9. The van der Waals surface area contributed by atoms with Crippen LogP contribution in [0.5, 0.6) is 0 Å². The highest BCUT2D eigenvalue weighted by Crippen LogP contribution is 2.38. The molecule has 0 radical (unpaired) electrons. The number of rotatable bonds is 7. The number of ketones is 1. The van der Waals surface area contributed by atoms with E-state index in [1.165, 1.54) is 18.2 Å². The molecule has 5 nitrogen and oxygen atoms in total. The average molecular weight is 400 g/mol. The Hall–Kier alpha value is -2.47. The standard InChI is InChI=1S/C22H24O5S/c1-3-5-8-14(4-2)11-15-12-16(22(24)25)13-19-20(15)21(23)17-9-6-7-10-18(17)28(19,26)27/h6-7,9-10,12-14H,3-5,8,11H2,1-2H3,(H,24,25). The van der Waals surface area contributed by atoms with Crippen LogP contribution in [0.3, 0.4) is 0 Å². The predicted molar refractivity (Wildman–Crippen MR) is 106 cm³/mol. The summed E-state index contributed by atoms with van der Waals surface area (Å²) >= 11 is 0. The molecule has 0 saturated carbocycles. The van der Waals surface area contributed by atoms with E-state index in [1.54, 1.807) is 12.1 Å². The van der Waals surface area contributed by atoms with Crippen LogP contribution in [0.1, 0.15) is 71.4 Å². The minimum Gasteiger partial charge on any atom is -0.478 e. The molecule has 0 fully saturated rings. The Labute approximate surface area is 165 Å². The fraction of sp³-hybridized carbons (Fsp3) is 0.364. The lowest BCUT2D eigenvalue weighted by atomic mass is 9.87. The molecule has 3 rings (SSSR count). The van der Waals surface area contributed by atoms with Gasteiger partial charge in [0, 0.05) is 11.1 Å². The molecule has 0 aliphatic carbocycles. The van der Waals surface area contributed by atoms with Crippen LogP contribution >= 0.6 is 0 Å². The molecule has 6 heteroatoms. The van der Waals surface area contributed by atoms with Crippen LogP contribution in [0, 0.1) is 5.92 Å². The van der Waals surface area contributed by atoms with Crippen molar-refractivity contribution in [1.29, 1.82) is 0 Å². The molecule has 2 aromatic rings. The van der Waals surface area contributed by atoms with Crippen LogP contribution in [0.25, 0.3) is 0 Å². The van der Waals surface area contributed by atoms with Gasteiger partial charge in [0.2, 0.25) is 9.84 Å². The molecule has 148 valence electrons. The lowest BCUT2D eigenvalue weighted by Crippen LogP contribution is -2.23. The van der Waals surface area contributed by atoms with E-state index < -0.39 is 15.8 Å². The van der Waals surface area contributed by atoms with Gasteiger partial charge >= 0.3 is 5.97 Å². The Morgan fingerprint density at radius 3 is 2.46 bits per heavy atom. The summed E-state index contributed by atoms with van der Waals surface area (Å²) in [6.07, 6.45) is 4.41. The normalized spacial score (nSPS) is 15.6. The largest absolute Gasteiger partial charge is 0.478 e. The maximum absolute atomic E-state index is 13.2. The summed E-state index contributed by atoms with van der Waals surface area (Å²) in [5, 5.41) is 9.50. The van der Waals surface area contributed by atoms with Gasteiger partial charge in [-0.05, 0) is 42.2 Å². The van der Waals surface area contributed by atoms with Gasteiger partial charge in [0.15, 0.2) is 5.78 Å². The Morgan fingerprint density at radius 2 is 1.82 bits per heavy atom. The molecule has 1 N–H and O–H groups in total. The van der Waals surface area contributed by atoms with E-state index in [0.29, 0.717) is 12.0 Å². The second kappa shape index (κ2) is 7.87. The first-order valence-electron chi connectivity index (χ1n) is 9.60. The number of unbranched alkanes of at least 4 members (excludes halogenated alkanes) is 1. The minimum absolute atomic E-state index is 0.0565. The van der Waals surface area contributed by atoms with Gasteiger partial charge < -0.3 is 5.11 Å². The third-order valence-corrected chi connectivity index (χ3v) is 7.26. The number of carboxylic acid groups (broad SMARTS) is 1. The molecule has 0 bridgehead atoms. The van der Waals surface area contributed by atoms with Crippen LogP contribution in [0.2, 0.25) is 0 Å². The molecule has 1 heterocycles. The number of benzene rings is 2. The summed E-state index contributed by atoms with van der Waals surface area (Å²) < 4.78 is 26.3. The number of sulfone groups is 1. The Kier molecular flexibility index (Phi) is 5.70. The van der Waals surface area contributed by atoms with Crippen LogP contribution in [0.4, 0.5) is 0 Å². The SMILES string of the molecule is CCCCC(CC)Cc1cc(C(=O)O)cc2c1C(=O)c1ccccc1S2(=O)=O. The molecule has 28 heavy (non-hydrogen) atoms. The number of aromatic carboxylic acids is 1. The molecule has 0 saturated heterocycles. The third-order valence-electron chi connectivity index (χ3n) is 5.42. The molecule has 0 amide bonds. The minimum atomic E-state index is -3.96. The molecule has 1 aliphatic rings. The topological polar surface area (TPSA) is 88.5 Å². The van der Waals surface area contributed by atoms with Crippen LogP contribution in [-0.2, 0) is 16.3 Å². The molecule has 1 atom stereocenters. The van der Waals surface area contributed by atoms with Crippen LogP contribution in [0.15, 0.2) is 46.2 Å². The van der Waals surface area contributed by atoms with Crippen molar-refractivity contribution in [3.05, 3.63) is 58.7 Å². The van der Waals surface area contributed by atoms with E-state index in [4.69, 9.17) is 0 Å². The summed E-state index contributed by atoms with van der Waals surface area (Å²) in [7, 11) is -3.96. The monoisotopic (exact) mass is 400 g/mol. The van der Waals surface area contributed by atoms with Crippen molar-refractivity contribution < 1.29 is 23.1 Å². The van der Waals surface area contributed by atoms with E-state index in [1.807, 2.05) is 0 Å². The number of carbonyl (C=O) groups excluding carboxylic acids is 1. The second-order valence-corrected chi connectivity index (χ2v) is 9.15. The van der Waals surface area contributed by atoms with Gasteiger partial charge in [-0.15, -0.1) is 0 Å². The van der Waals surface area contributed by atoms with E-state index in [0.717, 1.165) is 31.7 Å². The Bertz CT molecular complexity index is 1040. The van der Waals surface area contributed by atoms with Crippen molar-refractivity contribution in [3.63, 3.8) is 0 Å². The summed E-state index contributed by atoms with van der Waals surface area (Å²) in [6.45, 7) is 4.16. The molecular weight excluding hydrogens is 376 g/mol. The predicted octanol–water partition coefficient (Wildman–Crippen LogP) is 4.52. The number of hydrogen-bond donors (Lipinski definition) is 1. The first kappa shape index (κ1) is 20.3. The average Bonchev–Trinajstić information content (AvgIpc) is 2.69. The lowest BCUT2D eigenvalue weighted by molar-refractivity contribution is 0.0696. The van der Waals surface area contributed by atoms with E-state index in [9.17, 15) is 23.1 Å². The smallest absolute Gasteiger partial charge is 0.335 e.